The van der Waals surface area contributed by atoms with Gasteiger partial charge >= 0.3 is 5.97 Å². The monoisotopic (exact) mass is 284 g/mol. The minimum atomic E-state index is -0.490. The number of hydrogen-bond donors (Lipinski definition) is 1. The first-order valence-corrected chi connectivity index (χ1v) is 6.63. The first-order chi connectivity index (χ1) is 10.1. The van der Waals surface area contributed by atoms with Crippen LogP contribution >= 0.6 is 0 Å². The van der Waals surface area contributed by atoms with Crippen LogP contribution in [-0.2, 0) is 4.74 Å². The molecule has 1 amide bonds. The Morgan fingerprint density at radius 1 is 1.14 bits per heavy atom. The lowest BCUT2D eigenvalue weighted by Gasteiger charge is -2.08. The van der Waals surface area contributed by atoms with Gasteiger partial charge in [0.1, 0.15) is 5.69 Å². The van der Waals surface area contributed by atoms with E-state index in [1.54, 1.807) is 32.0 Å². The van der Waals surface area contributed by atoms with Gasteiger partial charge in [-0.05, 0) is 38.1 Å². The smallest absolute Gasteiger partial charge is 0.356 e. The number of pyridine rings is 1. The Morgan fingerprint density at radius 2 is 1.86 bits per heavy atom. The van der Waals surface area contributed by atoms with Crippen molar-refractivity contribution in [3.05, 3.63) is 59.4 Å². The number of hydrogen-bond acceptors (Lipinski definition) is 4. The molecule has 1 heterocycles. The molecule has 0 saturated carbocycles. The number of aryl methyl sites for hydroxylation is 1. The molecular weight excluding hydrogens is 268 g/mol. The van der Waals surface area contributed by atoms with Crippen LogP contribution in [0.4, 0.5) is 5.69 Å². The Balaban J connectivity index is 2.17. The molecule has 0 radical (unpaired) electrons. The van der Waals surface area contributed by atoms with Crippen LogP contribution in [0, 0.1) is 6.92 Å². The lowest BCUT2D eigenvalue weighted by molar-refractivity contribution is 0.0519. The van der Waals surface area contributed by atoms with Crippen LogP contribution in [0.15, 0.2) is 42.5 Å². The highest BCUT2D eigenvalue weighted by Gasteiger charge is 2.14. The van der Waals surface area contributed by atoms with Gasteiger partial charge in [-0.15, -0.1) is 0 Å². The Morgan fingerprint density at radius 3 is 2.48 bits per heavy atom. The van der Waals surface area contributed by atoms with E-state index < -0.39 is 5.97 Å². The van der Waals surface area contributed by atoms with Crippen molar-refractivity contribution in [1.29, 1.82) is 0 Å². The van der Waals surface area contributed by atoms with Crippen molar-refractivity contribution >= 4 is 17.6 Å². The van der Waals surface area contributed by atoms with E-state index in [4.69, 9.17) is 4.74 Å². The highest BCUT2D eigenvalue weighted by atomic mass is 16.5. The highest BCUT2D eigenvalue weighted by molar-refractivity contribution is 6.05. The SMILES string of the molecule is CCOC(=O)c1ccc(C(=O)Nc2ccccc2)c(C)n1. The second-order valence-corrected chi connectivity index (χ2v) is 4.37. The normalized spacial score (nSPS) is 10.0. The summed E-state index contributed by atoms with van der Waals surface area (Å²) in [6.45, 7) is 3.70. The van der Waals surface area contributed by atoms with Crippen molar-refractivity contribution in [3.63, 3.8) is 0 Å². The van der Waals surface area contributed by atoms with E-state index in [1.807, 2.05) is 18.2 Å². The van der Waals surface area contributed by atoms with Crippen molar-refractivity contribution in [2.45, 2.75) is 13.8 Å². The fraction of sp³-hybridized carbons (Fsp3) is 0.188. The molecule has 5 heteroatoms. The van der Waals surface area contributed by atoms with Gasteiger partial charge in [-0.25, -0.2) is 9.78 Å². The maximum atomic E-state index is 12.2. The van der Waals surface area contributed by atoms with Gasteiger partial charge in [-0.3, -0.25) is 4.79 Å². The third-order valence-electron chi connectivity index (χ3n) is 2.85. The number of anilines is 1. The van der Waals surface area contributed by atoms with Crippen LogP contribution in [0.1, 0.15) is 33.5 Å². The fourth-order valence-electron chi connectivity index (χ4n) is 1.84. The molecule has 108 valence electrons. The Labute approximate surface area is 123 Å². The number of benzene rings is 1. The molecule has 1 N–H and O–H groups in total. The maximum Gasteiger partial charge on any atom is 0.356 e. The van der Waals surface area contributed by atoms with E-state index in [1.165, 1.54) is 6.07 Å². The van der Waals surface area contributed by atoms with Crippen LogP contribution in [0.25, 0.3) is 0 Å². The largest absolute Gasteiger partial charge is 0.461 e. The number of carbonyl (C=O) groups is 2. The zero-order chi connectivity index (χ0) is 15.2. The summed E-state index contributed by atoms with van der Waals surface area (Å²) in [6, 6.07) is 12.2. The molecule has 21 heavy (non-hydrogen) atoms. The topological polar surface area (TPSA) is 68.3 Å². The zero-order valence-corrected chi connectivity index (χ0v) is 11.9. The standard InChI is InChI=1S/C16H16N2O3/c1-3-21-16(20)14-10-9-13(11(2)17-14)15(19)18-12-7-5-4-6-8-12/h4-10H,3H2,1-2H3,(H,18,19). The van der Waals surface area contributed by atoms with Gasteiger partial charge in [0, 0.05) is 5.69 Å². The van der Waals surface area contributed by atoms with Gasteiger partial charge in [0.25, 0.3) is 5.91 Å². The van der Waals surface area contributed by atoms with E-state index in [0.29, 0.717) is 16.9 Å². The van der Waals surface area contributed by atoms with Crippen molar-refractivity contribution in [1.82, 2.24) is 4.98 Å². The van der Waals surface area contributed by atoms with Crippen LogP contribution < -0.4 is 5.32 Å². The minimum absolute atomic E-state index is 0.200. The van der Waals surface area contributed by atoms with E-state index in [9.17, 15) is 9.59 Å². The summed E-state index contributed by atoms with van der Waals surface area (Å²) < 4.78 is 4.88. The Kier molecular flexibility index (Phi) is 4.66. The number of amides is 1. The minimum Gasteiger partial charge on any atom is -0.461 e. The number of esters is 1. The Hall–Kier alpha value is -2.69. The van der Waals surface area contributed by atoms with E-state index in [-0.39, 0.29) is 18.2 Å². The molecule has 1 aromatic heterocycles. The molecule has 0 fully saturated rings. The van der Waals surface area contributed by atoms with Gasteiger partial charge in [0.15, 0.2) is 0 Å². The summed E-state index contributed by atoms with van der Waals surface area (Å²) in [6.07, 6.45) is 0. The molecule has 0 saturated heterocycles. The fourth-order valence-corrected chi connectivity index (χ4v) is 1.84. The lowest BCUT2D eigenvalue weighted by atomic mass is 10.1. The predicted octanol–water partition coefficient (Wildman–Crippen LogP) is 2.82. The molecule has 2 rings (SSSR count). The number of ether oxygens (including phenoxy) is 1. The van der Waals surface area contributed by atoms with Crippen LogP contribution in [0.2, 0.25) is 0 Å². The third-order valence-corrected chi connectivity index (χ3v) is 2.85. The first kappa shape index (κ1) is 14.7. The third kappa shape index (κ3) is 3.66. The summed E-state index contributed by atoms with van der Waals surface area (Å²) in [5.74, 6) is -0.753. The molecule has 0 bridgehead atoms. The van der Waals surface area contributed by atoms with Gasteiger partial charge in [-0.1, -0.05) is 18.2 Å². The van der Waals surface area contributed by atoms with Crippen molar-refractivity contribution in [2.75, 3.05) is 11.9 Å². The number of carbonyl (C=O) groups excluding carboxylic acids is 2. The summed E-state index contributed by atoms with van der Waals surface area (Å²) in [5.41, 5.74) is 1.81. The average molecular weight is 284 g/mol. The quantitative estimate of drug-likeness (QED) is 0.877. The van der Waals surface area contributed by atoms with Crippen LogP contribution in [0.3, 0.4) is 0 Å². The molecule has 0 aliphatic carbocycles. The molecule has 5 nitrogen and oxygen atoms in total. The summed E-state index contributed by atoms with van der Waals surface area (Å²) in [5, 5.41) is 2.78. The summed E-state index contributed by atoms with van der Waals surface area (Å²) in [7, 11) is 0. The van der Waals surface area contributed by atoms with Gasteiger partial charge in [-0.2, -0.15) is 0 Å². The van der Waals surface area contributed by atoms with Gasteiger partial charge < -0.3 is 10.1 Å². The number of nitrogens with zero attached hydrogens (tertiary/aromatic N) is 1. The van der Waals surface area contributed by atoms with Crippen LogP contribution in [0.5, 0.6) is 0 Å². The van der Waals surface area contributed by atoms with Gasteiger partial charge in [0.2, 0.25) is 0 Å². The molecule has 0 unspecified atom stereocenters. The van der Waals surface area contributed by atoms with Crippen molar-refractivity contribution < 1.29 is 14.3 Å². The van der Waals surface area contributed by atoms with Gasteiger partial charge in [0.05, 0.1) is 17.9 Å². The summed E-state index contributed by atoms with van der Waals surface area (Å²) in [4.78, 5) is 27.9. The molecule has 0 aliphatic rings. The van der Waals surface area contributed by atoms with E-state index >= 15 is 0 Å². The zero-order valence-electron chi connectivity index (χ0n) is 11.9. The predicted molar refractivity (Wildman–Crippen MR) is 79.3 cm³/mol. The molecule has 0 aliphatic heterocycles. The van der Waals surface area contributed by atoms with Crippen LogP contribution in [-0.4, -0.2) is 23.5 Å². The first-order valence-electron chi connectivity index (χ1n) is 6.63. The van der Waals surface area contributed by atoms with Crippen molar-refractivity contribution in [3.8, 4) is 0 Å². The average Bonchev–Trinajstić information content (AvgIpc) is 2.48. The molecule has 2 aromatic rings. The number of nitrogens with one attached hydrogen (secondary N) is 1. The lowest BCUT2D eigenvalue weighted by Crippen LogP contribution is -2.16. The van der Waals surface area contributed by atoms with Crippen molar-refractivity contribution in [2.24, 2.45) is 0 Å². The Bertz CT molecular complexity index is 654. The molecule has 0 spiro atoms. The number of aromatic nitrogens is 1. The molecular formula is C16H16N2O3. The maximum absolute atomic E-state index is 12.2. The molecule has 1 aromatic carbocycles. The summed E-state index contributed by atoms with van der Waals surface area (Å²) >= 11 is 0. The second-order valence-electron chi connectivity index (χ2n) is 4.37. The van der Waals surface area contributed by atoms with E-state index in [0.717, 1.165) is 0 Å². The van der Waals surface area contributed by atoms with E-state index in [2.05, 4.69) is 10.3 Å². The molecule has 0 atom stereocenters. The second kappa shape index (κ2) is 6.65. The highest BCUT2D eigenvalue weighted by Crippen LogP contribution is 2.12. The number of rotatable bonds is 4. The number of para-hydroxylation sites is 1.